The third-order valence-corrected chi connectivity index (χ3v) is 2.86. The number of aromatic nitrogens is 3. The molecule has 2 rings (SSSR count). The maximum absolute atomic E-state index is 11.9. The molecule has 1 aromatic heterocycles. The summed E-state index contributed by atoms with van der Waals surface area (Å²) in [6.45, 7) is 0.348. The van der Waals surface area contributed by atoms with Crippen molar-refractivity contribution >= 4 is 17.5 Å². The molecule has 0 aliphatic heterocycles. The number of halogens is 1. The highest BCUT2D eigenvalue weighted by molar-refractivity contribution is 6.17. The molecule has 0 fully saturated rings. The summed E-state index contributed by atoms with van der Waals surface area (Å²) >= 11 is 5.73. The number of carbonyl (C=O) groups is 1. The van der Waals surface area contributed by atoms with Gasteiger partial charge in [0.2, 0.25) is 0 Å². The fourth-order valence-electron chi connectivity index (χ4n) is 1.52. The van der Waals surface area contributed by atoms with Crippen molar-refractivity contribution in [2.24, 2.45) is 7.05 Å². The Balaban J connectivity index is 2.01. The molecule has 0 saturated carbocycles. The van der Waals surface area contributed by atoms with Crippen LogP contribution in [0, 0.1) is 0 Å². The first kappa shape index (κ1) is 12.6. The Morgan fingerprint density at radius 3 is 3.00 bits per heavy atom. The zero-order chi connectivity index (χ0) is 13.0. The predicted octanol–water partition coefficient (Wildman–Crippen LogP) is 1.48. The number of aryl methyl sites for hydroxylation is 1. The smallest absolute Gasteiger partial charge is 0.251 e. The van der Waals surface area contributed by atoms with Crippen molar-refractivity contribution < 1.29 is 4.79 Å². The van der Waals surface area contributed by atoms with Crippen LogP contribution in [0.3, 0.4) is 0 Å². The Labute approximate surface area is 110 Å². The second-order valence-corrected chi connectivity index (χ2v) is 4.14. The Bertz CT molecular complexity index is 553. The maximum Gasteiger partial charge on any atom is 0.251 e. The van der Waals surface area contributed by atoms with Gasteiger partial charge >= 0.3 is 0 Å². The lowest BCUT2D eigenvalue weighted by Gasteiger charge is -2.05. The second-order valence-electron chi connectivity index (χ2n) is 3.87. The van der Waals surface area contributed by atoms with Gasteiger partial charge in [0.1, 0.15) is 6.33 Å². The highest BCUT2D eigenvalue weighted by Crippen LogP contribution is 2.07. The van der Waals surface area contributed by atoms with Crippen LogP contribution in [-0.2, 0) is 19.5 Å². The highest BCUT2D eigenvalue weighted by Gasteiger charge is 2.07. The van der Waals surface area contributed by atoms with Gasteiger partial charge in [-0.05, 0) is 17.7 Å². The second kappa shape index (κ2) is 5.64. The van der Waals surface area contributed by atoms with E-state index < -0.39 is 0 Å². The van der Waals surface area contributed by atoms with Gasteiger partial charge in [0.25, 0.3) is 5.91 Å². The summed E-state index contributed by atoms with van der Waals surface area (Å²) in [6.07, 6.45) is 1.59. The van der Waals surface area contributed by atoms with E-state index in [1.165, 1.54) is 0 Å². The van der Waals surface area contributed by atoms with E-state index in [1.807, 2.05) is 19.2 Å². The normalized spacial score (nSPS) is 10.3. The molecule has 0 aliphatic rings. The summed E-state index contributed by atoms with van der Waals surface area (Å²) in [7, 11) is 1.83. The van der Waals surface area contributed by atoms with E-state index in [9.17, 15) is 4.79 Å². The third-order valence-electron chi connectivity index (χ3n) is 2.56. The molecule has 0 saturated heterocycles. The van der Waals surface area contributed by atoms with Gasteiger partial charge < -0.3 is 9.88 Å². The highest BCUT2D eigenvalue weighted by atomic mass is 35.5. The number of amides is 1. The van der Waals surface area contributed by atoms with E-state index in [0.29, 0.717) is 23.8 Å². The summed E-state index contributed by atoms with van der Waals surface area (Å²) in [5.41, 5.74) is 1.51. The number of alkyl halides is 1. The molecule has 1 N–H and O–H groups in total. The fraction of sp³-hybridized carbons (Fsp3) is 0.250. The van der Waals surface area contributed by atoms with Crippen LogP contribution in [0.4, 0.5) is 0 Å². The molecule has 1 aromatic carbocycles. The Hall–Kier alpha value is -1.88. The minimum atomic E-state index is -0.148. The van der Waals surface area contributed by atoms with Crippen LogP contribution in [-0.4, -0.2) is 20.7 Å². The molecule has 94 valence electrons. The van der Waals surface area contributed by atoms with Crippen molar-refractivity contribution in [2.45, 2.75) is 12.4 Å². The summed E-state index contributed by atoms with van der Waals surface area (Å²) in [4.78, 5) is 11.9. The van der Waals surface area contributed by atoms with E-state index in [0.717, 1.165) is 5.56 Å². The monoisotopic (exact) mass is 264 g/mol. The van der Waals surface area contributed by atoms with Crippen LogP contribution in [0.5, 0.6) is 0 Å². The molecule has 0 radical (unpaired) electrons. The maximum atomic E-state index is 11.9. The van der Waals surface area contributed by atoms with Gasteiger partial charge in [-0.15, -0.1) is 21.8 Å². The first-order valence-electron chi connectivity index (χ1n) is 5.46. The van der Waals surface area contributed by atoms with Crippen LogP contribution in [0.15, 0.2) is 30.6 Å². The number of rotatable bonds is 4. The summed E-state index contributed by atoms with van der Waals surface area (Å²) in [5, 5.41) is 10.4. The first-order valence-corrected chi connectivity index (χ1v) is 6.00. The molecule has 2 aromatic rings. The number of hydrogen-bond donors (Lipinski definition) is 1. The molecule has 1 heterocycles. The van der Waals surface area contributed by atoms with E-state index in [-0.39, 0.29) is 5.91 Å². The number of carbonyl (C=O) groups excluding carboxylic acids is 1. The minimum absolute atomic E-state index is 0.148. The Morgan fingerprint density at radius 1 is 1.50 bits per heavy atom. The molecule has 5 nitrogen and oxygen atoms in total. The molecular formula is C12H13ClN4O. The van der Waals surface area contributed by atoms with Crippen LogP contribution in [0.1, 0.15) is 21.7 Å². The first-order chi connectivity index (χ1) is 8.70. The Morgan fingerprint density at radius 2 is 2.33 bits per heavy atom. The molecule has 1 amide bonds. The molecule has 0 atom stereocenters. The van der Waals surface area contributed by atoms with Crippen molar-refractivity contribution in [3.8, 4) is 0 Å². The minimum Gasteiger partial charge on any atom is -0.345 e. The van der Waals surface area contributed by atoms with Gasteiger partial charge in [-0.3, -0.25) is 4.79 Å². The van der Waals surface area contributed by atoms with Crippen LogP contribution in [0.2, 0.25) is 0 Å². The molecule has 0 aliphatic carbocycles. The van der Waals surface area contributed by atoms with Crippen molar-refractivity contribution in [3.05, 3.63) is 47.5 Å². The fourth-order valence-corrected chi connectivity index (χ4v) is 1.69. The van der Waals surface area contributed by atoms with Crippen molar-refractivity contribution in [3.63, 3.8) is 0 Å². The molecule has 0 unspecified atom stereocenters. The predicted molar refractivity (Wildman–Crippen MR) is 68.2 cm³/mol. The topological polar surface area (TPSA) is 59.8 Å². The van der Waals surface area contributed by atoms with Gasteiger partial charge in [-0.1, -0.05) is 12.1 Å². The van der Waals surface area contributed by atoms with Gasteiger partial charge in [-0.2, -0.15) is 0 Å². The van der Waals surface area contributed by atoms with Crippen LogP contribution < -0.4 is 5.32 Å². The van der Waals surface area contributed by atoms with Crippen molar-refractivity contribution in [2.75, 3.05) is 0 Å². The Kier molecular flexibility index (Phi) is 3.94. The standard InChI is InChI=1S/C12H13ClN4O/c1-17-8-15-16-11(17)7-14-12(18)10-4-2-3-9(5-10)6-13/h2-5,8H,6-7H2,1H3,(H,14,18). The van der Waals surface area contributed by atoms with Crippen LogP contribution in [0.25, 0.3) is 0 Å². The molecule has 0 spiro atoms. The lowest BCUT2D eigenvalue weighted by Crippen LogP contribution is -2.24. The molecule has 0 bridgehead atoms. The van der Waals surface area contributed by atoms with Crippen LogP contribution >= 0.6 is 11.6 Å². The number of nitrogens with zero attached hydrogens (tertiary/aromatic N) is 3. The zero-order valence-corrected chi connectivity index (χ0v) is 10.7. The number of nitrogens with one attached hydrogen (secondary N) is 1. The molecule has 18 heavy (non-hydrogen) atoms. The summed E-state index contributed by atoms with van der Waals surface area (Å²) in [6, 6.07) is 7.22. The van der Waals surface area contributed by atoms with E-state index in [4.69, 9.17) is 11.6 Å². The molecule has 6 heteroatoms. The zero-order valence-electron chi connectivity index (χ0n) is 9.93. The summed E-state index contributed by atoms with van der Waals surface area (Å²) < 4.78 is 1.76. The number of hydrogen-bond acceptors (Lipinski definition) is 3. The number of benzene rings is 1. The van der Waals surface area contributed by atoms with Gasteiger partial charge in [-0.25, -0.2) is 0 Å². The van der Waals surface area contributed by atoms with Gasteiger partial charge in [0, 0.05) is 18.5 Å². The van der Waals surface area contributed by atoms with Gasteiger partial charge in [0.05, 0.1) is 6.54 Å². The van der Waals surface area contributed by atoms with E-state index in [1.54, 1.807) is 23.0 Å². The van der Waals surface area contributed by atoms with Crippen molar-refractivity contribution in [1.29, 1.82) is 0 Å². The average molecular weight is 265 g/mol. The SMILES string of the molecule is Cn1cnnc1CNC(=O)c1cccc(CCl)c1. The largest absolute Gasteiger partial charge is 0.345 e. The quantitative estimate of drug-likeness (QED) is 0.851. The van der Waals surface area contributed by atoms with E-state index in [2.05, 4.69) is 15.5 Å². The van der Waals surface area contributed by atoms with Crippen molar-refractivity contribution in [1.82, 2.24) is 20.1 Å². The van der Waals surface area contributed by atoms with Gasteiger partial charge in [0.15, 0.2) is 5.82 Å². The molecular weight excluding hydrogens is 252 g/mol. The summed E-state index contributed by atoms with van der Waals surface area (Å²) in [5.74, 6) is 0.950. The lowest BCUT2D eigenvalue weighted by molar-refractivity contribution is 0.0949. The third kappa shape index (κ3) is 2.87. The van der Waals surface area contributed by atoms with E-state index >= 15 is 0 Å². The average Bonchev–Trinajstić information content (AvgIpc) is 2.81. The lowest BCUT2D eigenvalue weighted by atomic mass is 10.1.